The van der Waals surface area contributed by atoms with Crippen molar-refractivity contribution in [2.24, 2.45) is 0 Å². The zero-order valence-corrected chi connectivity index (χ0v) is 13.1. The van der Waals surface area contributed by atoms with Gasteiger partial charge in [-0.3, -0.25) is 0 Å². The quantitative estimate of drug-likeness (QED) is 0.732. The maximum Gasteiger partial charge on any atom is 0.121 e. The average Bonchev–Trinajstić information content (AvgIpc) is 2.87. The summed E-state index contributed by atoms with van der Waals surface area (Å²) in [7, 11) is 1.77. The van der Waals surface area contributed by atoms with E-state index < -0.39 is 0 Å². The highest BCUT2D eigenvalue weighted by atomic mass is 16.5. The summed E-state index contributed by atoms with van der Waals surface area (Å²) in [6, 6.07) is 4.47. The number of methoxy groups -OCH3 is 1. The van der Waals surface area contributed by atoms with Crippen LogP contribution in [-0.4, -0.2) is 19.3 Å². The Bertz CT molecular complexity index is 357. The largest absolute Gasteiger partial charge is 0.464 e. The second-order valence-electron chi connectivity index (χ2n) is 5.67. The number of hydrogen-bond donors (Lipinski definition) is 1. The predicted octanol–water partition coefficient (Wildman–Crippen LogP) is 4.09. The lowest BCUT2D eigenvalue weighted by Gasteiger charge is -2.25. The molecule has 0 saturated heterocycles. The van der Waals surface area contributed by atoms with E-state index in [1.165, 1.54) is 0 Å². The first kappa shape index (κ1) is 16.3. The number of furan rings is 1. The van der Waals surface area contributed by atoms with Gasteiger partial charge in [0, 0.05) is 13.5 Å². The van der Waals surface area contributed by atoms with Gasteiger partial charge in [-0.2, -0.15) is 0 Å². The molecule has 0 aromatic carbocycles. The molecule has 0 radical (unpaired) electrons. The Morgan fingerprint density at radius 1 is 1.32 bits per heavy atom. The van der Waals surface area contributed by atoms with Gasteiger partial charge >= 0.3 is 0 Å². The molecule has 3 nitrogen and oxygen atoms in total. The van der Waals surface area contributed by atoms with E-state index in [2.05, 4.69) is 45.1 Å². The molecule has 1 atom stereocenters. The van der Waals surface area contributed by atoms with Crippen molar-refractivity contribution < 1.29 is 9.15 Å². The summed E-state index contributed by atoms with van der Waals surface area (Å²) in [5.41, 5.74) is -0.0771. The van der Waals surface area contributed by atoms with Gasteiger partial charge in [0.05, 0.1) is 11.6 Å². The van der Waals surface area contributed by atoms with Gasteiger partial charge in [-0.05, 0) is 51.8 Å². The van der Waals surface area contributed by atoms with E-state index in [9.17, 15) is 0 Å². The van der Waals surface area contributed by atoms with Crippen molar-refractivity contribution in [1.82, 2.24) is 5.32 Å². The summed E-state index contributed by atoms with van der Waals surface area (Å²) in [6.45, 7) is 9.57. The fourth-order valence-electron chi connectivity index (χ4n) is 2.03. The van der Waals surface area contributed by atoms with Crippen molar-refractivity contribution in [3.63, 3.8) is 0 Å². The number of hydrogen-bond acceptors (Lipinski definition) is 3. The minimum absolute atomic E-state index is 0.0771. The molecule has 1 aromatic heterocycles. The van der Waals surface area contributed by atoms with Crippen molar-refractivity contribution in [1.29, 1.82) is 0 Å². The summed E-state index contributed by atoms with van der Waals surface area (Å²) in [6.07, 6.45) is 4.11. The molecule has 0 fully saturated rings. The highest BCUT2D eigenvalue weighted by Gasteiger charge is 2.21. The molecule has 0 bridgehead atoms. The first-order valence-electron chi connectivity index (χ1n) is 7.39. The maximum absolute atomic E-state index is 5.89. The van der Waals surface area contributed by atoms with Crippen LogP contribution in [0.2, 0.25) is 0 Å². The fraction of sp³-hybridized carbons (Fsp3) is 0.750. The van der Waals surface area contributed by atoms with Gasteiger partial charge in [0.25, 0.3) is 0 Å². The highest BCUT2D eigenvalue weighted by molar-refractivity contribution is 5.11. The van der Waals surface area contributed by atoms with Gasteiger partial charge < -0.3 is 14.5 Å². The smallest absolute Gasteiger partial charge is 0.121 e. The van der Waals surface area contributed by atoms with Crippen LogP contribution in [0.1, 0.15) is 64.5 Å². The van der Waals surface area contributed by atoms with Gasteiger partial charge in [-0.25, -0.2) is 0 Å². The number of aryl methyl sites for hydroxylation is 1. The molecule has 0 aliphatic heterocycles. The lowest BCUT2D eigenvalue weighted by molar-refractivity contribution is 0.0112. The van der Waals surface area contributed by atoms with E-state index in [4.69, 9.17) is 9.15 Å². The van der Waals surface area contributed by atoms with E-state index in [1.807, 2.05) is 0 Å². The molecule has 0 aliphatic rings. The normalized spacial score (nSPS) is 13.7. The highest BCUT2D eigenvalue weighted by Crippen LogP contribution is 2.26. The van der Waals surface area contributed by atoms with Gasteiger partial charge in [-0.1, -0.05) is 13.8 Å². The van der Waals surface area contributed by atoms with Crippen molar-refractivity contribution in [2.75, 3.05) is 13.7 Å². The molecule has 0 amide bonds. The molecule has 19 heavy (non-hydrogen) atoms. The number of ether oxygens (including phenoxy) is 1. The topological polar surface area (TPSA) is 34.4 Å². The summed E-state index contributed by atoms with van der Waals surface area (Å²) in [5.74, 6) is 2.11. The third kappa shape index (κ3) is 5.37. The third-order valence-corrected chi connectivity index (χ3v) is 3.60. The Morgan fingerprint density at radius 2 is 2.05 bits per heavy atom. The lowest BCUT2D eigenvalue weighted by atomic mass is 9.97. The van der Waals surface area contributed by atoms with Crippen molar-refractivity contribution in [3.8, 4) is 0 Å². The molecule has 1 rings (SSSR count). The zero-order chi connectivity index (χ0) is 14.3. The van der Waals surface area contributed by atoms with Crippen LogP contribution in [0.25, 0.3) is 0 Å². The predicted molar refractivity (Wildman–Crippen MR) is 79.4 cm³/mol. The first-order valence-corrected chi connectivity index (χ1v) is 7.39. The van der Waals surface area contributed by atoms with Crippen molar-refractivity contribution in [2.45, 2.75) is 65.0 Å². The van der Waals surface area contributed by atoms with Crippen LogP contribution in [0, 0.1) is 0 Å². The van der Waals surface area contributed by atoms with Gasteiger partial charge in [0.1, 0.15) is 11.5 Å². The molecule has 0 saturated carbocycles. The summed E-state index contributed by atoms with van der Waals surface area (Å²) < 4.78 is 11.4. The Balaban J connectivity index is 2.65. The molecule has 1 N–H and O–H groups in total. The molecule has 0 aliphatic carbocycles. The molecule has 110 valence electrons. The van der Waals surface area contributed by atoms with Crippen LogP contribution in [0.4, 0.5) is 0 Å². The summed E-state index contributed by atoms with van der Waals surface area (Å²) in [5, 5.41) is 3.57. The van der Waals surface area contributed by atoms with Crippen LogP contribution < -0.4 is 5.32 Å². The summed E-state index contributed by atoms with van der Waals surface area (Å²) in [4.78, 5) is 0. The van der Waals surface area contributed by atoms with E-state index in [-0.39, 0.29) is 11.6 Å². The Hall–Kier alpha value is -0.800. The fourth-order valence-corrected chi connectivity index (χ4v) is 2.03. The van der Waals surface area contributed by atoms with Crippen LogP contribution in [0.3, 0.4) is 0 Å². The molecule has 3 heteroatoms. The van der Waals surface area contributed by atoms with Crippen molar-refractivity contribution >= 4 is 0 Å². The average molecular weight is 267 g/mol. The van der Waals surface area contributed by atoms with Gasteiger partial charge in [-0.15, -0.1) is 0 Å². The SMILES string of the molecule is CCCNC(CCC(C)(C)OC)c1ccc(CC)o1. The lowest BCUT2D eigenvalue weighted by Crippen LogP contribution is -2.27. The maximum atomic E-state index is 5.89. The van der Waals surface area contributed by atoms with Crippen LogP contribution in [-0.2, 0) is 11.2 Å². The minimum Gasteiger partial charge on any atom is -0.464 e. The minimum atomic E-state index is -0.0771. The van der Waals surface area contributed by atoms with Crippen LogP contribution in [0.5, 0.6) is 0 Å². The zero-order valence-electron chi connectivity index (χ0n) is 13.1. The van der Waals surface area contributed by atoms with Crippen LogP contribution >= 0.6 is 0 Å². The monoisotopic (exact) mass is 267 g/mol. The molecule has 1 heterocycles. The molecule has 1 unspecified atom stereocenters. The molecular formula is C16H29NO2. The van der Waals surface area contributed by atoms with E-state index in [0.29, 0.717) is 0 Å². The van der Waals surface area contributed by atoms with Gasteiger partial charge in [0.2, 0.25) is 0 Å². The van der Waals surface area contributed by atoms with E-state index >= 15 is 0 Å². The standard InChI is InChI=1S/C16H29NO2/c1-6-12-17-14(10-11-16(3,4)18-5)15-9-8-13(7-2)19-15/h8-9,14,17H,6-7,10-12H2,1-5H3. The molecule has 1 aromatic rings. The third-order valence-electron chi connectivity index (χ3n) is 3.60. The number of rotatable bonds is 9. The Kier molecular flexibility index (Phi) is 6.59. The second-order valence-corrected chi connectivity index (χ2v) is 5.67. The van der Waals surface area contributed by atoms with Crippen LogP contribution in [0.15, 0.2) is 16.5 Å². The van der Waals surface area contributed by atoms with E-state index in [0.717, 1.165) is 43.7 Å². The first-order chi connectivity index (χ1) is 9.02. The number of nitrogens with one attached hydrogen (secondary N) is 1. The Morgan fingerprint density at radius 3 is 2.58 bits per heavy atom. The molecule has 0 spiro atoms. The Labute approximate surface area is 117 Å². The van der Waals surface area contributed by atoms with E-state index in [1.54, 1.807) is 7.11 Å². The van der Waals surface area contributed by atoms with Gasteiger partial charge in [0.15, 0.2) is 0 Å². The summed E-state index contributed by atoms with van der Waals surface area (Å²) >= 11 is 0. The second kappa shape index (κ2) is 7.71. The van der Waals surface area contributed by atoms with Crippen molar-refractivity contribution in [3.05, 3.63) is 23.7 Å². The molecular weight excluding hydrogens is 238 g/mol.